The topological polar surface area (TPSA) is 68.7 Å². The van der Waals surface area contributed by atoms with Crippen molar-refractivity contribution in [3.63, 3.8) is 0 Å². The highest BCUT2D eigenvalue weighted by molar-refractivity contribution is 7.99. The van der Waals surface area contributed by atoms with Crippen molar-refractivity contribution in [2.75, 3.05) is 19.0 Å². The minimum atomic E-state index is -1.01. The quantitative estimate of drug-likeness (QED) is 0.638. The largest absolute Gasteiger partial charge is 0.477 e. The first-order valence-corrected chi connectivity index (χ1v) is 7.29. The number of thioether (sulfide) groups is 1. The Labute approximate surface area is 116 Å². The maximum atomic E-state index is 10.8. The maximum absolute atomic E-state index is 10.8. The first kappa shape index (κ1) is 14.3. The van der Waals surface area contributed by atoms with Gasteiger partial charge in [-0.05, 0) is 31.4 Å². The number of rotatable bonds is 6. The zero-order valence-corrected chi connectivity index (χ0v) is 11.4. The lowest BCUT2D eigenvalue weighted by Gasteiger charge is -2.22. The summed E-state index contributed by atoms with van der Waals surface area (Å²) < 4.78 is 11.1. The highest BCUT2D eigenvalue weighted by Crippen LogP contribution is 2.19. The van der Waals surface area contributed by atoms with E-state index in [1.54, 1.807) is 23.9 Å². The van der Waals surface area contributed by atoms with E-state index >= 15 is 0 Å². The molecule has 1 aromatic heterocycles. The molecule has 2 heterocycles. The summed E-state index contributed by atoms with van der Waals surface area (Å²) in [6, 6.07) is 3.37. The molecule has 1 saturated heterocycles. The number of hydrogen-bond acceptors (Lipinski definition) is 5. The summed E-state index contributed by atoms with van der Waals surface area (Å²) >= 11 is 1.56. The first-order valence-electron chi connectivity index (χ1n) is 6.31. The molecule has 6 heteroatoms. The third-order valence-electron chi connectivity index (χ3n) is 2.74. The van der Waals surface area contributed by atoms with Crippen LogP contribution in [0.2, 0.25) is 0 Å². The number of carboxylic acids is 1. The third kappa shape index (κ3) is 4.81. The normalized spacial score (nSPS) is 19.3. The second kappa shape index (κ2) is 7.47. The fourth-order valence-corrected chi connectivity index (χ4v) is 2.57. The summed E-state index contributed by atoms with van der Waals surface area (Å²) in [5.41, 5.74) is 0.0709. The van der Waals surface area contributed by atoms with E-state index in [0.29, 0.717) is 6.61 Å². The fraction of sp³-hybridized carbons (Fsp3) is 0.538. The number of pyridine rings is 1. The number of nitrogens with zero attached hydrogens (tertiary/aromatic N) is 1. The molecule has 19 heavy (non-hydrogen) atoms. The van der Waals surface area contributed by atoms with E-state index in [1.165, 1.54) is 6.20 Å². The Morgan fingerprint density at radius 3 is 3.21 bits per heavy atom. The van der Waals surface area contributed by atoms with Crippen molar-refractivity contribution in [2.24, 2.45) is 0 Å². The molecule has 5 nitrogen and oxygen atoms in total. The van der Waals surface area contributed by atoms with Gasteiger partial charge >= 0.3 is 5.97 Å². The Bertz CT molecular complexity index is 421. The molecule has 1 atom stereocenters. The van der Waals surface area contributed by atoms with Gasteiger partial charge in [-0.1, -0.05) is 0 Å². The lowest BCUT2D eigenvalue weighted by molar-refractivity contribution is -0.158. The Balaban J connectivity index is 1.70. The zero-order chi connectivity index (χ0) is 13.5. The smallest absolute Gasteiger partial charge is 0.354 e. The van der Waals surface area contributed by atoms with E-state index in [2.05, 4.69) is 4.98 Å². The Hall–Kier alpha value is -1.11. The number of hydrogen-bond donors (Lipinski definition) is 1. The predicted molar refractivity (Wildman–Crippen MR) is 71.5 cm³/mol. The molecule has 0 aliphatic carbocycles. The summed E-state index contributed by atoms with van der Waals surface area (Å²) in [5, 5.41) is 8.84. The van der Waals surface area contributed by atoms with Gasteiger partial charge < -0.3 is 14.6 Å². The molecule has 104 valence electrons. The second-order valence-corrected chi connectivity index (χ2v) is 5.37. The van der Waals surface area contributed by atoms with Gasteiger partial charge in [-0.25, -0.2) is 9.78 Å². The monoisotopic (exact) mass is 283 g/mol. The molecular formula is C13H17NO4S. The van der Waals surface area contributed by atoms with Gasteiger partial charge in [0.05, 0.1) is 6.61 Å². The molecule has 1 aliphatic heterocycles. The second-order valence-electron chi connectivity index (χ2n) is 4.20. The van der Waals surface area contributed by atoms with E-state index in [9.17, 15) is 4.79 Å². The van der Waals surface area contributed by atoms with Gasteiger partial charge in [-0.2, -0.15) is 0 Å². The van der Waals surface area contributed by atoms with E-state index in [0.717, 1.165) is 36.5 Å². The SMILES string of the molecule is O=C(O)c1cc(SCCOC2CCCCO2)ccn1. The zero-order valence-electron chi connectivity index (χ0n) is 10.6. The van der Waals surface area contributed by atoms with Crippen LogP contribution in [0.3, 0.4) is 0 Å². The summed E-state index contributed by atoms with van der Waals surface area (Å²) in [4.78, 5) is 15.4. The molecule has 0 saturated carbocycles. The lowest BCUT2D eigenvalue weighted by Crippen LogP contribution is -2.23. The summed E-state index contributed by atoms with van der Waals surface area (Å²) in [5.74, 6) is -0.238. The van der Waals surface area contributed by atoms with Gasteiger partial charge in [0.1, 0.15) is 5.69 Å². The van der Waals surface area contributed by atoms with Crippen molar-refractivity contribution in [2.45, 2.75) is 30.4 Å². The number of aromatic carboxylic acids is 1. The van der Waals surface area contributed by atoms with E-state index in [4.69, 9.17) is 14.6 Å². The Morgan fingerprint density at radius 1 is 1.58 bits per heavy atom. The number of ether oxygens (including phenoxy) is 2. The molecule has 1 fully saturated rings. The molecule has 1 N–H and O–H groups in total. The minimum absolute atomic E-state index is 0.0682. The Morgan fingerprint density at radius 2 is 2.47 bits per heavy atom. The Kier molecular flexibility index (Phi) is 5.62. The minimum Gasteiger partial charge on any atom is -0.477 e. The van der Waals surface area contributed by atoms with Gasteiger partial charge in [0.2, 0.25) is 0 Å². The van der Waals surface area contributed by atoms with Crippen LogP contribution in [0.25, 0.3) is 0 Å². The van der Waals surface area contributed by atoms with Crippen molar-refractivity contribution in [3.05, 3.63) is 24.0 Å². The average Bonchev–Trinajstić information content (AvgIpc) is 2.45. The standard InChI is InChI=1S/C13H17NO4S/c15-13(16)11-9-10(4-5-14-11)19-8-7-18-12-3-1-2-6-17-12/h4-5,9,12H,1-3,6-8H2,(H,15,16). The molecule has 1 aromatic rings. The molecule has 0 aromatic carbocycles. The van der Waals surface area contributed by atoms with Crippen molar-refractivity contribution >= 4 is 17.7 Å². The van der Waals surface area contributed by atoms with Gasteiger partial charge in [0.15, 0.2) is 6.29 Å². The average molecular weight is 283 g/mol. The van der Waals surface area contributed by atoms with Crippen LogP contribution in [0.1, 0.15) is 29.8 Å². The lowest BCUT2D eigenvalue weighted by atomic mass is 10.2. The van der Waals surface area contributed by atoms with Crippen molar-refractivity contribution < 1.29 is 19.4 Å². The van der Waals surface area contributed by atoms with Crippen LogP contribution in [0, 0.1) is 0 Å². The maximum Gasteiger partial charge on any atom is 0.354 e. The molecule has 0 bridgehead atoms. The van der Waals surface area contributed by atoms with Crippen LogP contribution in [0.5, 0.6) is 0 Å². The number of carboxylic acid groups (broad SMARTS) is 1. The molecule has 0 spiro atoms. The molecule has 1 aliphatic rings. The van der Waals surface area contributed by atoms with Gasteiger partial charge in [0, 0.05) is 23.5 Å². The highest BCUT2D eigenvalue weighted by Gasteiger charge is 2.13. The van der Waals surface area contributed by atoms with Crippen LogP contribution >= 0.6 is 11.8 Å². The van der Waals surface area contributed by atoms with Gasteiger partial charge in [-0.3, -0.25) is 0 Å². The van der Waals surface area contributed by atoms with Crippen molar-refractivity contribution in [3.8, 4) is 0 Å². The fourth-order valence-electron chi connectivity index (χ4n) is 1.80. The van der Waals surface area contributed by atoms with Crippen LogP contribution < -0.4 is 0 Å². The molecule has 0 radical (unpaired) electrons. The van der Waals surface area contributed by atoms with Crippen LogP contribution in [0.4, 0.5) is 0 Å². The van der Waals surface area contributed by atoms with E-state index in [-0.39, 0.29) is 12.0 Å². The summed E-state index contributed by atoms with van der Waals surface area (Å²) in [7, 11) is 0. The predicted octanol–water partition coefficient (Wildman–Crippen LogP) is 2.42. The van der Waals surface area contributed by atoms with Crippen molar-refractivity contribution in [1.82, 2.24) is 4.98 Å². The molecular weight excluding hydrogens is 266 g/mol. The van der Waals surface area contributed by atoms with Gasteiger partial charge in [-0.15, -0.1) is 11.8 Å². The van der Waals surface area contributed by atoms with Crippen LogP contribution in [-0.4, -0.2) is 41.3 Å². The summed E-state index contributed by atoms with van der Waals surface area (Å²) in [6.07, 6.45) is 4.68. The number of aromatic nitrogens is 1. The highest BCUT2D eigenvalue weighted by atomic mass is 32.2. The van der Waals surface area contributed by atoms with E-state index in [1.807, 2.05) is 0 Å². The van der Waals surface area contributed by atoms with E-state index < -0.39 is 5.97 Å². The van der Waals surface area contributed by atoms with Gasteiger partial charge in [0.25, 0.3) is 0 Å². The van der Waals surface area contributed by atoms with Crippen molar-refractivity contribution in [1.29, 1.82) is 0 Å². The summed E-state index contributed by atoms with van der Waals surface area (Å²) in [6.45, 7) is 1.38. The van der Waals surface area contributed by atoms with Crippen LogP contribution in [-0.2, 0) is 9.47 Å². The number of carbonyl (C=O) groups is 1. The first-order chi connectivity index (χ1) is 9.25. The molecule has 0 amide bonds. The van der Waals surface area contributed by atoms with Crippen LogP contribution in [0.15, 0.2) is 23.2 Å². The molecule has 2 rings (SSSR count). The third-order valence-corrected chi connectivity index (χ3v) is 3.70. The molecule has 1 unspecified atom stereocenters.